The zero-order chi connectivity index (χ0) is 14.1. The van der Waals surface area contributed by atoms with E-state index in [0.29, 0.717) is 0 Å². The van der Waals surface area contributed by atoms with Crippen LogP contribution in [-0.4, -0.2) is 15.0 Å². The Morgan fingerprint density at radius 2 is 1.53 bits per heavy atom. The lowest BCUT2D eigenvalue weighted by Gasteiger charge is -2.06. The molecule has 0 aliphatic carbocycles. The van der Waals surface area contributed by atoms with Crippen molar-refractivity contribution in [3.05, 3.63) is 29.8 Å². The molecule has 1 aromatic carbocycles. The standard InChI is InChI=1S/C15H24O3S/c1-3-4-5-6-7-8-13-18-19(16,17)15-11-9-14(2)10-12-15/h9-12H,3-8,13H2,1-2H3. The summed E-state index contributed by atoms with van der Waals surface area (Å²) >= 11 is 0. The van der Waals surface area contributed by atoms with Crippen LogP contribution in [0.5, 0.6) is 0 Å². The van der Waals surface area contributed by atoms with Crippen molar-refractivity contribution in [1.29, 1.82) is 0 Å². The van der Waals surface area contributed by atoms with Crippen LogP contribution in [-0.2, 0) is 14.3 Å². The molecule has 0 saturated heterocycles. The summed E-state index contributed by atoms with van der Waals surface area (Å²) in [7, 11) is -3.57. The van der Waals surface area contributed by atoms with Gasteiger partial charge in [-0.05, 0) is 25.5 Å². The molecule has 1 rings (SSSR count). The van der Waals surface area contributed by atoms with Gasteiger partial charge in [0.2, 0.25) is 0 Å². The maximum Gasteiger partial charge on any atom is 0.296 e. The summed E-state index contributed by atoms with van der Waals surface area (Å²) in [6, 6.07) is 6.74. The number of hydrogen-bond donors (Lipinski definition) is 0. The molecule has 0 aliphatic heterocycles. The smallest absolute Gasteiger partial charge is 0.266 e. The Morgan fingerprint density at radius 1 is 0.947 bits per heavy atom. The molecule has 4 heteroatoms. The summed E-state index contributed by atoms with van der Waals surface area (Å²) < 4.78 is 28.7. The molecule has 108 valence electrons. The molecule has 0 aliphatic rings. The third kappa shape index (κ3) is 6.21. The van der Waals surface area contributed by atoms with Gasteiger partial charge in [-0.15, -0.1) is 0 Å². The van der Waals surface area contributed by atoms with Gasteiger partial charge >= 0.3 is 0 Å². The second-order valence-electron chi connectivity index (χ2n) is 4.86. The first-order valence-corrected chi connectivity index (χ1v) is 8.43. The zero-order valence-electron chi connectivity index (χ0n) is 11.9. The van der Waals surface area contributed by atoms with E-state index in [1.807, 2.05) is 6.92 Å². The molecule has 0 spiro atoms. The molecule has 3 nitrogen and oxygen atoms in total. The predicted octanol–water partition coefficient (Wildman–Crippen LogP) is 4.06. The molecule has 0 aromatic heterocycles. The van der Waals surface area contributed by atoms with Crippen molar-refractivity contribution in [2.24, 2.45) is 0 Å². The van der Waals surface area contributed by atoms with Gasteiger partial charge in [-0.3, -0.25) is 4.18 Å². The Balaban J connectivity index is 2.29. The van der Waals surface area contributed by atoms with Crippen LogP contribution in [0.4, 0.5) is 0 Å². The van der Waals surface area contributed by atoms with Crippen molar-refractivity contribution in [3.8, 4) is 0 Å². The second kappa shape index (κ2) is 8.33. The van der Waals surface area contributed by atoms with Crippen molar-refractivity contribution in [2.75, 3.05) is 6.61 Å². The SMILES string of the molecule is CCCCCCCCOS(=O)(=O)c1ccc(C)cc1. The van der Waals surface area contributed by atoms with Gasteiger partial charge in [-0.2, -0.15) is 8.42 Å². The number of aryl methyl sites for hydroxylation is 1. The normalized spacial score (nSPS) is 11.7. The Hall–Kier alpha value is -0.870. The van der Waals surface area contributed by atoms with E-state index in [2.05, 4.69) is 6.92 Å². The zero-order valence-corrected chi connectivity index (χ0v) is 12.7. The van der Waals surface area contributed by atoms with Gasteiger partial charge in [-0.25, -0.2) is 0 Å². The quantitative estimate of drug-likeness (QED) is 0.507. The van der Waals surface area contributed by atoms with E-state index in [-0.39, 0.29) is 11.5 Å². The van der Waals surface area contributed by atoms with Crippen LogP contribution in [0, 0.1) is 6.92 Å². The molecular formula is C15H24O3S. The molecule has 0 bridgehead atoms. The summed E-state index contributed by atoms with van der Waals surface area (Å²) in [6.07, 6.45) is 6.68. The number of rotatable bonds is 9. The van der Waals surface area contributed by atoms with Crippen molar-refractivity contribution in [3.63, 3.8) is 0 Å². The maximum absolute atomic E-state index is 11.9. The summed E-state index contributed by atoms with van der Waals surface area (Å²) in [5.74, 6) is 0. The van der Waals surface area contributed by atoms with E-state index in [1.54, 1.807) is 24.3 Å². The van der Waals surface area contributed by atoms with Crippen molar-refractivity contribution < 1.29 is 12.6 Å². The summed E-state index contributed by atoms with van der Waals surface area (Å²) in [6.45, 7) is 4.38. The van der Waals surface area contributed by atoms with Gasteiger partial charge < -0.3 is 0 Å². The van der Waals surface area contributed by atoms with E-state index >= 15 is 0 Å². The Bertz CT molecular complexity index is 449. The third-order valence-corrected chi connectivity index (χ3v) is 4.37. The van der Waals surface area contributed by atoms with Crippen LogP contribution in [0.1, 0.15) is 51.0 Å². The highest BCUT2D eigenvalue weighted by Gasteiger charge is 2.13. The first-order valence-electron chi connectivity index (χ1n) is 7.02. The minimum Gasteiger partial charge on any atom is -0.266 e. The van der Waals surface area contributed by atoms with Gasteiger partial charge in [0, 0.05) is 0 Å². The summed E-state index contributed by atoms with van der Waals surface area (Å²) in [5, 5.41) is 0. The summed E-state index contributed by atoms with van der Waals surface area (Å²) in [5.41, 5.74) is 1.04. The van der Waals surface area contributed by atoms with Crippen LogP contribution < -0.4 is 0 Å². The molecule has 0 heterocycles. The van der Waals surface area contributed by atoms with Crippen molar-refractivity contribution >= 4 is 10.1 Å². The highest BCUT2D eigenvalue weighted by Crippen LogP contribution is 2.14. The lowest BCUT2D eigenvalue weighted by atomic mass is 10.1. The van der Waals surface area contributed by atoms with Crippen LogP contribution in [0.3, 0.4) is 0 Å². The third-order valence-electron chi connectivity index (χ3n) is 3.05. The molecule has 0 N–H and O–H groups in total. The highest BCUT2D eigenvalue weighted by atomic mass is 32.2. The van der Waals surface area contributed by atoms with E-state index in [9.17, 15) is 8.42 Å². The number of unbranched alkanes of at least 4 members (excludes halogenated alkanes) is 5. The Morgan fingerprint density at radius 3 is 2.16 bits per heavy atom. The average Bonchev–Trinajstić information content (AvgIpc) is 2.38. The molecule has 1 aromatic rings. The van der Waals surface area contributed by atoms with Crippen molar-refractivity contribution in [1.82, 2.24) is 0 Å². The molecule has 0 atom stereocenters. The molecule has 0 saturated carbocycles. The fourth-order valence-corrected chi connectivity index (χ4v) is 2.77. The van der Waals surface area contributed by atoms with Gasteiger partial charge in [0.15, 0.2) is 0 Å². The van der Waals surface area contributed by atoms with Gasteiger partial charge in [-0.1, -0.05) is 56.7 Å². The Kier molecular flexibility index (Phi) is 7.10. The minimum absolute atomic E-state index is 0.240. The van der Waals surface area contributed by atoms with Crippen molar-refractivity contribution in [2.45, 2.75) is 57.3 Å². The van der Waals surface area contributed by atoms with Gasteiger partial charge in [0.1, 0.15) is 0 Å². The number of hydrogen-bond acceptors (Lipinski definition) is 3. The number of benzene rings is 1. The molecule has 0 unspecified atom stereocenters. The second-order valence-corrected chi connectivity index (χ2v) is 6.47. The fourth-order valence-electron chi connectivity index (χ4n) is 1.82. The lowest BCUT2D eigenvalue weighted by molar-refractivity contribution is 0.306. The monoisotopic (exact) mass is 284 g/mol. The van der Waals surface area contributed by atoms with Crippen LogP contribution >= 0.6 is 0 Å². The van der Waals surface area contributed by atoms with Crippen LogP contribution in [0.2, 0.25) is 0 Å². The lowest BCUT2D eigenvalue weighted by Crippen LogP contribution is -2.07. The van der Waals surface area contributed by atoms with Crippen LogP contribution in [0.15, 0.2) is 29.2 Å². The molecule has 19 heavy (non-hydrogen) atoms. The topological polar surface area (TPSA) is 43.4 Å². The van der Waals surface area contributed by atoms with E-state index in [4.69, 9.17) is 4.18 Å². The largest absolute Gasteiger partial charge is 0.296 e. The fraction of sp³-hybridized carbons (Fsp3) is 0.600. The predicted molar refractivity (Wildman–Crippen MR) is 77.7 cm³/mol. The van der Waals surface area contributed by atoms with E-state index in [0.717, 1.165) is 24.8 Å². The van der Waals surface area contributed by atoms with E-state index in [1.165, 1.54) is 19.3 Å². The first-order chi connectivity index (χ1) is 9.06. The molecule has 0 radical (unpaired) electrons. The Labute approximate surface area is 117 Å². The molecular weight excluding hydrogens is 260 g/mol. The van der Waals surface area contributed by atoms with E-state index < -0.39 is 10.1 Å². The molecule has 0 amide bonds. The highest BCUT2D eigenvalue weighted by molar-refractivity contribution is 7.86. The minimum atomic E-state index is -3.57. The first kappa shape index (κ1) is 16.2. The van der Waals surface area contributed by atoms with Gasteiger partial charge in [0.25, 0.3) is 10.1 Å². The average molecular weight is 284 g/mol. The van der Waals surface area contributed by atoms with Gasteiger partial charge in [0.05, 0.1) is 11.5 Å². The maximum atomic E-state index is 11.9. The molecule has 0 fully saturated rings. The summed E-state index contributed by atoms with van der Waals surface area (Å²) in [4.78, 5) is 0.240. The van der Waals surface area contributed by atoms with Crippen LogP contribution in [0.25, 0.3) is 0 Å².